The molecule has 0 bridgehead atoms. The molecular formula is C9H12N6O. The molecular weight excluding hydrogens is 208 g/mol. The molecule has 2 aromatic heterocycles. The predicted octanol–water partition coefficient (Wildman–Crippen LogP) is 0.524. The molecule has 2 aromatic rings. The van der Waals surface area contributed by atoms with Gasteiger partial charge in [-0.25, -0.2) is 9.97 Å². The van der Waals surface area contributed by atoms with Crippen LogP contribution in [0, 0.1) is 6.92 Å². The summed E-state index contributed by atoms with van der Waals surface area (Å²) in [6.45, 7) is 2.34. The second kappa shape index (κ2) is 4.56. The normalized spacial score (nSPS) is 10.1. The maximum absolute atomic E-state index is 5.05. The van der Waals surface area contributed by atoms with E-state index in [0.29, 0.717) is 24.1 Å². The van der Waals surface area contributed by atoms with Gasteiger partial charge in [0, 0.05) is 6.07 Å². The summed E-state index contributed by atoms with van der Waals surface area (Å²) in [5, 5.41) is 9.60. The van der Waals surface area contributed by atoms with Gasteiger partial charge in [0.2, 0.25) is 5.88 Å². The molecule has 0 fully saturated rings. The third kappa shape index (κ3) is 2.44. The fraction of sp³-hybridized carbons (Fsp3) is 0.333. The third-order valence-electron chi connectivity index (χ3n) is 1.93. The van der Waals surface area contributed by atoms with Gasteiger partial charge in [-0.05, 0) is 6.92 Å². The first-order valence-electron chi connectivity index (χ1n) is 4.75. The van der Waals surface area contributed by atoms with Crippen LogP contribution in [0.4, 0.5) is 5.82 Å². The average molecular weight is 220 g/mol. The van der Waals surface area contributed by atoms with Crippen molar-refractivity contribution in [2.24, 2.45) is 0 Å². The topological polar surface area (TPSA) is 88.6 Å². The number of anilines is 1. The van der Waals surface area contributed by atoms with Gasteiger partial charge in [-0.2, -0.15) is 10.1 Å². The van der Waals surface area contributed by atoms with E-state index in [-0.39, 0.29) is 0 Å². The van der Waals surface area contributed by atoms with Gasteiger partial charge in [-0.1, -0.05) is 0 Å². The van der Waals surface area contributed by atoms with E-state index < -0.39 is 0 Å². The number of aryl methyl sites for hydroxylation is 1. The number of ether oxygens (including phenoxy) is 1. The van der Waals surface area contributed by atoms with Gasteiger partial charge < -0.3 is 10.1 Å². The van der Waals surface area contributed by atoms with Gasteiger partial charge in [-0.15, -0.1) is 0 Å². The van der Waals surface area contributed by atoms with Gasteiger partial charge >= 0.3 is 0 Å². The van der Waals surface area contributed by atoms with Crippen molar-refractivity contribution in [3.63, 3.8) is 0 Å². The number of H-pyrrole nitrogens is 1. The standard InChI is InChI=1S/C9H12N6O/c1-6-13-7(3-9(14-6)16-2)10-4-8-11-5-12-15-8/h3,5H,4H2,1-2H3,(H,10,13,14)(H,11,12,15). The van der Waals surface area contributed by atoms with E-state index >= 15 is 0 Å². The van der Waals surface area contributed by atoms with E-state index in [1.807, 2.05) is 6.92 Å². The van der Waals surface area contributed by atoms with Crippen LogP contribution in [0.15, 0.2) is 12.4 Å². The first-order valence-corrected chi connectivity index (χ1v) is 4.75. The number of methoxy groups -OCH3 is 1. The van der Waals surface area contributed by atoms with Crippen LogP contribution in [0.1, 0.15) is 11.6 Å². The largest absolute Gasteiger partial charge is 0.481 e. The molecule has 0 aliphatic carbocycles. The Kier molecular flexibility index (Phi) is 2.95. The third-order valence-corrected chi connectivity index (χ3v) is 1.93. The number of aromatic amines is 1. The highest BCUT2D eigenvalue weighted by atomic mass is 16.5. The lowest BCUT2D eigenvalue weighted by molar-refractivity contribution is 0.396. The van der Waals surface area contributed by atoms with Crippen molar-refractivity contribution in [1.82, 2.24) is 25.1 Å². The first kappa shape index (κ1) is 10.3. The molecule has 0 amide bonds. The summed E-state index contributed by atoms with van der Waals surface area (Å²) >= 11 is 0. The van der Waals surface area contributed by atoms with Crippen molar-refractivity contribution >= 4 is 5.82 Å². The van der Waals surface area contributed by atoms with Crippen molar-refractivity contribution in [2.45, 2.75) is 13.5 Å². The Morgan fingerprint density at radius 1 is 1.44 bits per heavy atom. The second-order valence-corrected chi connectivity index (χ2v) is 3.13. The molecule has 16 heavy (non-hydrogen) atoms. The lowest BCUT2D eigenvalue weighted by Gasteiger charge is -2.06. The SMILES string of the molecule is COc1cc(NCc2ncn[nH]2)nc(C)n1. The van der Waals surface area contributed by atoms with Gasteiger partial charge in [0.25, 0.3) is 0 Å². The van der Waals surface area contributed by atoms with Crippen LogP contribution in [0.3, 0.4) is 0 Å². The van der Waals surface area contributed by atoms with Gasteiger partial charge in [0.1, 0.15) is 23.8 Å². The van der Waals surface area contributed by atoms with E-state index in [1.54, 1.807) is 13.2 Å². The number of nitrogens with zero attached hydrogens (tertiary/aromatic N) is 4. The van der Waals surface area contributed by atoms with Crippen molar-refractivity contribution in [1.29, 1.82) is 0 Å². The smallest absolute Gasteiger partial charge is 0.218 e. The first-order chi connectivity index (χ1) is 7.78. The van der Waals surface area contributed by atoms with Crippen LogP contribution < -0.4 is 10.1 Å². The van der Waals surface area contributed by atoms with Gasteiger partial charge in [0.15, 0.2) is 0 Å². The van der Waals surface area contributed by atoms with Crippen molar-refractivity contribution in [3.05, 3.63) is 24.0 Å². The summed E-state index contributed by atoms with van der Waals surface area (Å²) in [5.74, 6) is 2.63. The molecule has 2 rings (SSSR count). The quantitative estimate of drug-likeness (QED) is 0.781. The Morgan fingerprint density at radius 3 is 3.00 bits per heavy atom. The zero-order chi connectivity index (χ0) is 11.4. The summed E-state index contributed by atoms with van der Waals surface area (Å²) in [4.78, 5) is 12.3. The zero-order valence-electron chi connectivity index (χ0n) is 9.06. The monoisotopic (exact) mass is 220 g/mol. The van der Waals surface area contributed by atoms with Crippen molar-refractivity contribution in [2.75, 3.05) is 12.4 Å². The molecule has 0 saturated carbocycles. The van der Waals surface area contributed by atoms with Crippen LogP contribution in [0.25, 0.3) is 0 Å². The molecule has 0 spiro atoms. The number of nitrogens with one attached hydrogen (secondary N) is 2. The van der Waals surface area contributed by atoms with Crippen LogP contribution in [-0.2, 0) is 6.54 Å². The number of hydrogen-bond donors (Lipinski definition) is 2. The fourth-order valence-corrected chi connectivity index (χ4v) is 1.23. The van der Waals surface area contributed by atoms with Gasteiger partial charge in [-0.3, -0.25) is 5.10 Å². The highest BCUT2D eigenvalue weighted by Gasteiger charge is 2.02. The Labute approximate surface area is 92.3 Å². The zero-order valence-corrected chi connectivity index (χ0v) is 9.06. The maximum atomic E-state index is 5.05. The molecule has 0 unspecified atom stereocenters. The molecule has 0 saturated heterocycles. The van der Waals surface area contributed by atoms with E-state index in [0.717, 1.165) is 5.82 Å². The Hall–Kier alpha value is -2.18. The fourth-order valence-electron chi connectivity index (χ4n) is 1.23. The maximum Gasteiger partial charge on any atom is 0.218 e. The molecule has 2 N–H and O–H groups in total. The Bertz CT molecular complexity index is 455. The molecule has 0 aromatic carbocycles. The Balaban J connectivity index is 2.06. The average Bonchev–Trinajstić information content (AvgIpc) is 2.78. The van der Waals surface area contributed by atoms with E-state index in [1.165, 1.54) is 6.33 Å². The van der Waals surface area contributed by atoms with Gasteiger partial charge in [0.05, 0.1) is 13.7 Å². The van der Waals surface area contributed by atoms with Crippen LogP contribution in [-0.4, -0.2) is 32.3 Å². The van der Waals surface area contributed by atoms with Crippen LogP contribution in [0.5, 0.6) is 5.88 Å². The lowest BCUT2D eigenvalue weighted by atomic mass is 10.5. The molecule has 0 aliphatic rings. The number of rotatable bonds is 4. The number of aromatic nitrogens is 5. The Morgan fingerprint density at radius 2 is 2.31 bits per heavy atom. The van der Waals surface area contributed by atoms with E-state index in [4.69, 9.17) is 4.74 Å². The highest BCUT2D eigenvalue weighted by molar-refractivity contribution is 5.38. The summed E-state index contributed by atoms with van der Waals surface area (Å²) in [6.07, 6.45) is 1.46. The lowest BCUT2D eigenvalue weighted by Crippen LogP contribution is -2.05. The molecule has 0 radical (unpaired) electrons. The summed E-state index contributed by atoms with van der Waals surface area (Å²) in [7, 11) is 1.57. The highest BCUT2D eigenvalue weighted by Crippen LogP contribution is 2.12. The minimum absolute atomic E-state index is 0.527. The van der Waals surface area contributed by atoms with Crippen LogP contribution in [0.2, 0.25) is 0 Å². The molecule has 84 valence electrons. The summed E-state index contributed by atoms with van der Waals surface area (Å²) in [5.41, 5.74) is 0. The van der Waals surface area contributed by atoms with Crippen LogP contribution >= 0.6 is 0 Å². The molecule has 0 aliphatic heterocycles. The molecule has 0 atom stereocenters. The molecule has 7 heteroatoms. The number of hydrogen-bond acceptors (Lipinski definition) is 6. The van der Waals surface area contributed by atoms with Crippen molar-refractivity contribution in [3.8, 4) is 5.88 Å². The molecule has 2 heterocycles. The minimum atomic E-state index is 0.527. The minimum Gasteiger partial charge on any atom is -0.481 e. The second-order valence-electron chi connectivity index (χ2n) is 3.13. The van der Waals surface area contributed by atoms with E-state index in [9.17, 15) is 0 Å². The predicted molar refractivity (Wildman–Crippen MR) is 57.0 cm³/mol. The van der Waals surface area contributed by atoms with Crippen molar-refractivity contribution < 1.29 is 4.74 Å². The summed E-state index contributed by atoms with van der Waals surface area (Å²) < 4.78 is 5.05. The van der Waals surface area contributed by atoms with E-state index in [2.05, 4.69) is 30.5 Å². The molecule has 7 nitrogen and oxygen atoms in total. The summed E-state index contributed by atoms with van der Waals surface area (Å²) in [6, 6.07) is 1.73.